The highest BCUT2D eigenvalue weighted by Crippen LogP contribution is 2.31. The number of methoxy groups -OCH3 is 1. The number of aromatic nitrogens is 2. The Labute approximate surface area is 161 Å². The molecule has 0 atom stereocenters. The summed E-state index contributed by atoms with van der Waals surface area (Å²) in [6, 6.07) is 15.4. The molecule has 2 heterocycles. The molecule has 1 aliphatic heterocycles. The summed E-state index contributed by atoms with van der Waals surface area (Å²) < 4.78 is 10.9. The van der Waals surface area contributed by atoms with E-state index in [1.54, 1.807) is 7.11 Å². The number of thioether (sulfide) groups is 1. The van der Waals surface area contributed by atoms with E-state index in [1.165, 1.54) is 11.8 Å². The summed E-state index contributed by atoms with van der Waals surface area (Å²) >= 11 is 1.26. The number of rotatable bonds is 5. The predicted molar refractivity (Wildman–Crippen MR) is 104 cm³/mol. The summed E-state index contributed by atoms with van der Waals surface area (Å²) in [7, 11) is 1.65. The van der Waals surface area contributed by atoms with Gasteiger partial charge in [0.05, 0.1) is 12.9 Å². The van der Waals surface area contributed by atoms with Crippen LogP contribution in [0.2, 0.25) is 0 Å². The van der Waals surface area contributed by atoms with E-state index in [9.17, 15) is 4.79 Å². The van der Waals surface area contributed by atoms with E-state index in [1.807, 2.05) is 53.4 Å². The molecule has 1 aliphatic rings. The first-order valence-electron chi connectivity index (χ1n) is 8.73. The molecule has 0 fully saturated rings. The lowest BCUT2D eigenvalue weighted by atomic mass is 10.0. The molecule has 27 heavy (non-hydrogen) atoms. The van der Waals surface area contributed by atoms with Gasteiger partial charge in [-0.15, -0.1) is 10.2 Å². The van der Waals surface area contributed by atoms with E-state index >= 15 is 0 Å². The van der Waals surface area contributed by atoms with E-state index in [-0.39, 0.29) is 11.7 Å². The monoisotopic (exact) mass is 381 g/mol. The standard InChI is InChI=1S/C20H19N3O3S/c1-25-16-9-10-17-15(12-16)8-5-11-23(17)18(24)13-27-20-22-21-19(26-20)14-6-3-2-4-7-14/h2-4,6-7,9-10,12H,5,8,11,13H2,1H3. The van der Waals surface area contributed by atoms with E-state index < -0.39 is 0 Å². The van der Waals surface area contributed by atoms with Crippen LogP contribution < -0.4 is 9.64 Å². The number of fused-ring (bicyclic) bond motifs is 1. The van der Waals surface area contributed by atoms with Crippen LogP contribution in [0.5, 0.6) is 5.75 Å². The van der Waals surface area contributed by atoms with Crippen molar-refractivity contribution in [3.8, 4) is 17.2 Å². The van der Waals surface area contributed by atoms with Crippen molar-refractivity contribution in [1.82, 2.24) is 10.2 Å². The van der Waals surface area contributed by atoms with Gasteiger partial charge in [0.15, 0.2) is 0 Å². The number of benzene rings is 2. The molecule has 0 saturated heterocycles. The fraction of sp³-hybridized carbons (Fsp3) is 0.250. The van der Waals surface area contributed by atoms with Crippen molar-refractivity contribution in [1.29, 1.82) is 0 Å². The van der Waals surface area contributed by atoms with Crippen LogP contribution >= 0.6 is 11.8 Å². The van der Waals surface area contributed by atoms with Crippen LogP contribution in [0.3, 0.4) is 0 Å². The van der Waals surface area contributed by atoms with Crippen molar-refractivity contribution in [3.63, 3.8) is 0 Å². The highest BCUT2D eigenvalue weighted by atomic mass is 32.2. The van der Waals surface area contributed by atoms with E-state index in [2.05, 4.69) is 10.2 Å². The summed E-state index contributed by atoms with van der Waals surface area (Å²) in [5.41, 5.74) is 2.97. The van der Waals surface area contributed by atoms with Crippen LogP contribution in [0.1, 0.15) is 12.0 Å². The van der Waals surface area contributed by atoms with Crippen molar-refractivity contribution in [2.24, 2.45) is 0 Å². The Kier molecular flexibility index (Phi) is 5.11. The average molecular weight is 381 g/mol. The van der Waals surface area contributed by atoms with Crippen LogP contribution in [-0.4, -0.2) is 35.5 Å². The maximum atomic E-state index is 12.7. The molecule has 2 aromatic carbocycles. The first-order chi connectivity index (χ1) is 13.2. The Hall–Kier alpha value is -2.80. The van der Waals surface area contributed by atoms with Crippen LogP contribution in [-0.2, 0) is 11.2 Å². The molecule has 0 bridgehead atoms. The molecule has 6 nitrogen and oxygen atoms in total. The number of nitrogens with zero attached hydrogens (tertiary/aromatic N) is 3. The van der Waals surface area contributed by atoms with Gasteiger partial charge in [-0.1, -0.05) is 30.0 Å². The zero-order chi connectivity index (χ0) is 18.6. The molecule has 0 unspecified atom stereocenters. The lowest BCUT2D eigenvalue weighted by Crippen LogP contribution is -2.36. The molecule has 0 aliphatic carbocycles. The summed E-state index contributed by atoms with van der Waals surface area (Å²) in [6.07, 6.45) is 1.89. The van der Waals surface area contributed by atoms with Crippen molar-refractivity contribution >= 4 is 23.4 Å². The third-order valence-corrected chi connectivity index (χ3v) is 5.26. The Bertz CT molecular complexity index is 943. The van der Waals surface area contributed by atoms with E-state index in [4.69, 9.17) is 9.15 Å². The molecule has 0 radical (unpaired) electrons. The fourth-order valence-electron chi connectivity index (χ4n) is 3.13. The second kappa shape index (κ2) is 7.84. The summed E-state index contributed by atoms with van der Waals surface area (Å²) in [5, 5.41) is 8.49. The Balaban J connectivity index is 1.43. The molecule has 0 N–H and O–H groups in total. The minimum Gasteiger partial charge on any atom is -0.497 e. The molecule has 0 saturated carbocycles. The van der Waals surface area contributed by atoms with Gasteiger partial charge in [0.2, 0.25) is 11.8 Å². The van der Waals surface area contributed by atoms with Crippen molar-refractivity contribution < 1.29 is 13.9 Å². The topological polar surface area (TPSA) is 68.5 Å². The maximum Gasteiger partial charge on any atom is 0.277 e. The van der Waals surface area contributed by atoms with Crippen molar-refractivity contribution in [2.45, 2.75) is 18.1 Å². The summed E-state index contributed by atoms with van der Waals surface area (Å²) in [5.74, 6) is 1.56. The fourth-order valence-corrected chi connectivity index (χ4v) is 3.77. The van der Waals surface area contributed by atoms with E-state index in [0.29, 0.717) is 11.1 Å². The van der Waals surface area contributed by atoms with Gasteiger partial charge >= 0.3 is 0 Å². The number of carbonyl (C=O) groups excluding carboxylic acids is 1. The number of hydrogen-bond donors (Lipinski definition) is 0. The van der Waals surface area contributed by atoms with Gasteiger partial charge in [-0.3, -0.25) is 4.79 Å². The molecular weight excluding hydrogens is 362 g/mol. The first-order valence-corrected chi connectivity index (χ1v) is 9.72. The molecule has 7 heteroatoms. The van der Waals surface area contributed by atoms with Gasteiger partial charge in [0.1, 0.15) is 5.75 Å². The molecular formula is C20H19N3O3S. The first kappa shape index (κ1) is 17.6. The lowest BCUT2D eigenvalue weighted by Gasteiger charge is -2.29. The van der Waals surface area contributed by atoms with Crippen molar-refractivity contribution in [2.75, 3.05) is 24.3 Å². The zero-order valence-corrected chi connectivity index (χ0v) is 15.7. The third-order valence-electron chi connectivity index (χ3n) is 4.45. The van der Waals surface area contributed by atoms with Crippen molar-refractivity contribution in [3.05, 3.63) is 54.1 Å². The van der Waals surface area contributed by atoms with Gasteiger partial charge in [0.25, 0.3) is 5.22 Å². The smallest absolute Gasteiger partial charge is 0.277 e. The Morgan fingerprint density at radius 1 is 1.22 bits per heavy atom. The summed E-state index contributed by atoms with van der Waals surface area (Å²) in [6.45, 7) is 0.720. The van der Waals surface area contributed by atoms with E-state index in [0.717, 1.165) is 42.0 Å². The Morgan fingerprint density at radius 2 is 2.07 bits per heavy atom. The molecule has 1 amide bonds. The molecule has 0 spiro atoms. The van der Waals surface area contributed by atoms with Gasteiger partial charge in [-0.2, -0.15) is 0 Å². The molecule has 1 aromatic heterocycles. The zero-order valence-electron chi connectivity index (χ0n) is 14.9. The van der Waals surface area contributed by atoms with Gasteiger partial charge in [-0.25, -0.2) is 0 Å². The number of ether oxygens (including phenoxy) is 1. The minimum atomic E-state index is 0.0329. The normalized spacial score (nSPS) is 13.3. The highest BCUT2D eigenvalue weighted by molar-refractivity contribution is 7.99. The third kappa shape index (κ3) is 3.83. The molecule has 4 rings (SSSR count). The second-order valence-electron chi connectivity index (χ2n) is 6.17. The summed E-state index contributed by atoms with van der Waals surface area (Å²) in [4.78, 5) is 14.6. The number of carbonyl (C=O) groups is 1. The second-order valence-corrected chi connectivity index (χ2v) is 7.10. The van der Waals surface area contributed by atoms with Gasteiger partial charge < -0.3 is 14.1 Å². The van der Waals surface area contributed by atoms with Crippen LogP contribution in [0.4, 0.5) is 5.69 Å². The number of hydrogen-bond acceptors (Lipinski definition) is 6. The molecule has 138 valence electrons. The number of anilines is 1. The van der Waals surface area contributed by atoms with Gasteiger partial charge in [0, 0.05) is 17.8 Å². The molecule has 3 aromatic rings. The largest absolute Gasteiger partial charge is 0.497 e. The average Bonchev–Trinajstić information content (AvgIpc) is 3.21. The number of aryl methyl sites for hydroxylation is 1. The maximum absolute atomic E-state index is 12.7. The quantitative estimate of drug-likeness (QED) is 0.626. The Morgan fingerprint density at radius 3 is 2.89 bits per heavy atom. The van der Waals surface area contributed by atoms with Gasteiger partial charge in [-0.05, 0) is 48.7 Å². The minimum absolute atomic E-state index is 0.0329. The predicted octanol–water partition coefficient (Wildman–Crippen LogP) is 3.82. The highest BCUT2D eigenvalue weighted by Gasteiger charge is 2.23. The number of amides is 1. The van der Waals surface area contributed by atoms with Crippen LogP contribution in [0.15, 0.2) is 58.2 Å². The SMILES string of the molecule is COc1ccc2c(c1)CCCN2C(=O)CSc1nnc(-c2ccccc2)o1. The van der Waals surface area contributed by atoms with Crippen LogP contribution in [0, 0.1) is 0 Å². The van der Waals surface area contributed by atoms with Crippen LogP contribution in [0.25, 0.3) is 11.5 Å². The lowest BCUT2D eigenvalue weighted by molar-refractivity contribution is -0.116.